The van der Waals surface area contributed by atoms with E-state index in [1.807, 2.05) is 4.90 Å². The highest BCUT2D eigenvalue weighted by atomic mass is 16.6. The summed E-state index contributed by atoms with van der Waals surface area (Å²) >= 11 is 0. The van der Waals surface area contributed by atoms with Crippen LogP contribution in [0.3, 0.4) is 0 Å². The Morgan fingerprint density at radius 2 is 1.58 bits per heavy atom. The van der Waals surface area contributed by atoms with E-state index >= 15 is 0 Å². The first-order valence-corrected chi connectivity index (χ1v) is 10.6. The second-order valence-corrected chi connectivity index (χ2v) is 7.77. The Balaban J connectivity index is 2.05. The van der Waals surface area contributed by atoms with Gasteiger partial charge in [-0.15, -0.1) is 0 Å². The van der Waals surface area contributed by atoms with E-state index in [4.69, 9.17) is 9.47 Å². The van der Waals surface area contributed by atoms with Crippen LogP contribution in [-0.4, -0.2) is 73.1 Å². The van der Waals surface area contributed by atoms with Gasteiger partial charge in [-0.3, -0.25) is 24.6 Å². The van der Waals surface area contributed by atoms with Crippen molar-refractivity contribution in [1.29, 1.82) is 0 Å². The first kappa shape index (κ1) is 22.9. The third kappa shape index (κ3) is 4.94. The minimum Gasteiger partial charge on any atom is -0.383 e. The summed E-state index contributed by atoms with van der Waals surface area (Å²) in [7, 11) is 3.16. The zero-order valence-electron chi connectivity index (χ0n) is 18.0. The lowest BCUT2D eigenvalue weighted by Gasteiger charge is -2.31. The fraction of sp³-hybridized carbons (Fsp3) is 0.545. The molecule has 0 radical (unpaired) electrons. The fourth-order valence-corrected chi connectivity index (χ4v) is 4.25. The van der Waals surface area contributed by atoms with E-state index in [-0.39, 0.29) is 29.1 Å². The largest absolute Gasteiger partial charge is 0.383 e. The van der Waals surface area contributed by atoms with Crippen LogP contribution in [0.2, 0.25) is 0 Å². The number of carbonyl (C=O) groups is 2. The molecule has 1 aliphatic heterocycles. The van der Waals surface area contributed by atoms with Gasteiger partial charge in [0.25, 0.3) is 17.5 Å². The van der Waals surface area contributed by atoms with Crippen LogP contribution >= 0.6 is 0 Å². The van der Waals surface area contributed by atoms with E-state index in [0.29, 0.717) is 37.6 Å². The predicted molar refractivity (Wildman–Crippen MR) is 114 cm³/mol. The van der Waals surface area contributed by atoms with Gasteiger partial charge in [0.2, 0.25) is 0 Å². The first-order chi connectivity index (χ1) is 15.0. The number of nitro benzene ring substituents is 1. The molecule has 0 spiro atoms. The third-order valence-electron chi connectivity index (χ3n) is 5.84. The summed E-state index contributed by atoms with van der Waals surface area (Å²) in [6.07, 6.45) is 4.68. The van der Waals surface area contributed by atoms with Crippen molar-refractivity contribution in [2.45, 2.75) is 38.1 Å². The number of hydrogen-bond donors (Lipinski definition) is 0. The molecular weight excluding hydrogens is 402 g/mol. The molecule has 0 saturated heterocycles. The summed E-state index contributed by atoms with van der Waals surface area (Å²) in [6.45, 7) is 1.60. The number of imide groups is 1. The highest BCUT2D eigenvalue weighted by Crippen LogP contribution is 2.36. The quantitative estimate of drug-likeness (QED) is 0.319. The maximum absolute atomic E-state index is 13.6. The summed E-state index contributed by atoms with van der Waals surface area (Å²) in [5.74, 6) is -0.641. The molecule has 0 bridgehead atoms. The average Bonchev–Trinajstić information content (AvgIpc) is 3.04. The molecule has 9 nitrogen and oxygen atoms in total. The van der Waals surface area contributed by atoms with Crippen molar-refractivity contribution in [1.82, 2.24) is 9.80 Å². The summed E-state index contributed by atoms with van der Waals surface area (Å²) in [6, 6.07) is 5.67. The van der Waals surface area contributed by atoms with Gasteiger partial charge in [-0.1, -0.05) is 19.3 Å². The van der Waals surface area contributed by atoms with E-state index in [2.05, 4.69) is 0 Å². The number of nitrogens with zero attached hydrogens (tertiary/aromatic N) is 3. The molecule has 31 heavy (non-hydrogen) atoms. The molecule has 9 heteroatoms. The number of hydrogen-bond acceptors (Lipinski definition) is 7. The first-order valence-electron chi connectivity index (χ1n) is 10.6. The summed E-state index contributed by atoms with van der Waals surface area (Å²) in [5.41, 5.74) is 1.04. The molecule has 1 heterocycles. The lowest BCUT2D eigenvalue weighted by atomic mass is 9.94. The minimum atomic E-state index is -0.488. The molecule has 0 atom stereocenters. The van der Waals surface area contributed by atoms with E-state index in [9.17, 15) is 19.7 Å². The van der Waals surface area contributed by atoms with Gasteiger partial charge in [-0.25, -0.2) is 0 Å². The number of carbonyl (C=O) groups excluding carboxylic acids is 2. The number of amides is 2. The number of nitro groups is 1. The Kier molecular flexibility index (Phi) is 7.75. The number of ether oxygens (including phenoxy) is 2. The lowest BCUT2D eigenvalue weighted by molar-refractivity contribution is -0.384. The van der Waals surface area contributed by atoms with Crippen molar-refractivity contribution in [3.63, 3.8) is 0 Å². The van der Waals surface area contributed by atoms with Crippen LogP contribution in [0, 0.1) is 10.1 Å². The zero-order valence-corrected chi connectivity index (χ0v) is 18.0. The van der Waals surface area contributed by atoms with E-state index in [1.165, 1.54) is 29.2 Å². The Morgan fingerprint density at radius 3 is 2.10 bits per heavy atom. The van der Waals surface area contributed by atoms with Gasteiger partial charge in [-0.2, -0.15) is 0 Å². The van der Waals surface area contributed by atoms with Crippen molar-refractivity contribution in [3.8, 4) is 0 Å². The van der Waals surface area contributed by atoms with Crippen LogP contribution in [-0.2, 0) is 19.1 Å². The van der Waals surface area contributed by atoms with Gasteiger partial charge < -0.3 is 14.4 Å². The topological polar surface area (TPSA) is 102 Å². The van der Waals surface area contributed by atoms with Gasteiger partial charge in [0.05, 0.1) is 23.7 Å². The SMILES string of the molecule is COCCN(CCOC)C1=C(c2ccc([N+](=O)[O-])cc2)C(=O)N(C2CCCCC2)C1=O. The average molecular weight is 431 g/mol. The van der Waals surface area contributed by atoms with Crippen LogP contribution in [0.5, 0.6) is 0 Å². The highest BCUT2D eigenvalue weighted by Gasteiger charge is 2.44. The van der Waals surface area contributed by atoms with Crippen molar-refractivity contribution < 1.29 is 24.0 Å². The van der Waals surface area contributed by atoms with Crippen molar-refractivity contribution in [3.05, 3.63) is 45.6 Å². The van der Waals surface area contributed by atoms with Crippen molar-refractivity contribution in [2.24, 2.45) is 0 Å². The molecule has 1 fully saturated rings. The third-order valence-corrected chi connectivity index (χ3v) is 5.84. The molecule has 0 N–H and O–H groups in total. The van der Waals surface area contributed by atoms with E-state index in [1.54, 1.807) is 14.2 Å². The molecule has 1 saturated carbocycles. The second-order valence-electron chi connectivity index (χ2n) is 7.77. The van der Waals surface area contributed by atoms with Crippen LogP contribution < -0.4 is 0 Å². The van der Waals surface area contributed by atoms with Gasteiger partial charge in [0, 0.05) is 45.5 Å². The maximum Gasteiger partial charge on any atom is 0.278 e. The van der Waals surface area contributed by atoms with Gasteiger partial charge in [0.15, 0.2) is 0 Å². The number of benzene rings is 1. The monoisotopic (exact) mass is 431 g/mol. The Labute approximate surface area is 181 Å². The molecule has 2 amide bonds. The van der Waals surface area contributed by atoms with E-state index < -0.39 is 4.92 Å². The van der Waals surface area contributed by atoms with E-state index in [0.717, 1.165) is 32.1 Å². The fourth-order valence-electron chi connectivity index (χ4n) is 4.25. The van der Waals surface area contributed by atoms with Crippen molar-refractivity contribution in [2.75, 3.05) is 40.5 Å². The lowest BCUT2D eigenvalue weighted by Crippen LogP contribution is -2.44. The molecule has 0 aromatic heterocycles. The molecule has 1 aliphatic carbocycles. The molecule has 1 aromatic rings. The van der Waals surface area contributed by atoms with Crippen LogP contribution in [0.25, 0.3) is 5.57 Å². The Morgan fingerprint density at radius 1 is 1.00 bits per heavy atom. The van der Waals surface area contributed by atoms with Gasteiger partial charge in [0.1, 0.15) is 5.70 Å². The summed E-state index contributed by atoms with van der Waals surface area (Å²) < 4.78 is 10.4. The smallest absolute Gasteiger partial charge is 0.278 e. The molecule has 168 valence electrons. The standard InChI is InChI=1S/C22H29N3O6/c1-30-14-12-23(13-15-31-2)20-19(16-8-10-18(11-9-16)25(28)29)21(26)24(22(20)27)17-6-4-3-5-7-17/h8-11,17H,3-7,12-15H2,1-2H3. The number of non-ortho nitro benzene ring substituents is 1. The zero-order chi connectivity index (χ0) is 22.4. The Bertz CT molecular complexity index is 837. The van der Waals surface area contributed by atoms with Gasteiger partial charge >= 0.3 is 0 Å². The van der Waals surface area contributed by atoms with Crippen molar-refractivity contribution >= 4 is 23.1 Å². The van der Waals surface area contributed by atoms with Gasteiger partial charge in [-0.05, 0) is 30.5 Å². The normalized spacial score (nSPS) is 17.5. The summed E-state index contributed by atoms with van der Waals surface area (Å²) in [4.78, 5) is 40.9. The molecule has 2 aliphatic rings. The second kappa shape index (κ2) is 10.5. The predicted octanol–water partition coefficient (Wildman–Crippen LogP) is 2.60. The number of methoxy groups -OCH3 is 2. The maximum atomic E-state index is 13.6. The molecular formula is C22H29N3O6. The van der Waals surface area contributed by atoms with Crippen LogP contribution in [0.1, 0.15) is 37.7 Å². The number of rotatable bonds is 10. The Hall–Kier alpha value is -2.78. The van der Waals surface area contributed by atoms with Crippen LogP contribution in [0.15, 0.2) is 30.0 Å². The minimum absolute atomic E-state index is 0.0672. The summed E-state index contributed by atoms with van der Waals surface area (Å²) in [5, 5.41) is 11.0. The highest BCUT2D eigenvalue weighted by molar-refractivity contribution is 6.35. The molecule has 0 unspecified atom stereocenters. The molecule has 3 rings (SSSR count). The van der Waals surface area contributed by atoms with Crippen LogP contribution in [0.4, 0.5) is 5.69 Å². The molecule has 1 aromatic carbocycles.